The molecule has 0 heterocycles. The lowest BCUT2D eigenvalue weighted by atomic mass is 10.1. The van der Waals surface area contributed by atoms with E-state index in [4.69, 9.17) is 0 Å². The van der Waals surface area contributed by atoms with Crippen molar-refractivity contribution in [3.05, 3.63) is 0 Å². The molecule has 4 heteroatoms. The molecule has 0 fully saturated rings. The van der Waals surface area contributed by atoms with E-state index in [-0.39, 0.29) is 0 Å². The number of halogens is 3. The van der Waals surface area contributed by atoms with Crippen LogP contribution in [0.4, 0.5) is 13.2 Å². The second-order valence-electron chi connectivity index (χ2n) is 2.05. The van der Waals surface area contributed by atoms with Gasteiger partial charge in [0.15, 0.2) is 6.17 Å². The number of ether oxygens (including phenoxy) is 1. The second kappa shape index (κ2) is 4.55. The molecule has 0 aliphatic heterocycles. The van der Waals surface area contributed by atoms with Gasteiger partial charge in [0.25, 0.3) is 0 Å². The average Bonchev–Trinajstić information content (AvgIpc) is 1.88. The Morgan fingerprint density at radius 1 is 1.40 bits per heavy atom. The highest BCUT2D eigenvalue weighted by Gasteiger charge is 2.26. The summed E-state index contributed by atoms with van der Waals surface area (Å²) in [7, 11) is 1.16. The summed E-state index contributed by atoms with van der Waals surface area (Å²) >= 11 is 0. The molecular formula is C6H11F3O. The van der Waals surface area contributed by atoms with Crippen molar-refractivity contribution >= 4 is 0 Å². The maximum atomic E-state index is 12.3. The van der Waals surface area contributed by atoms with Gasteiger partial charge < -0.3 is 4.74 Å². The molecule has 62 valence electrons. The van der Waals surface area contributed by atoms with E-state index < -0.39 is 25.1 Å². The van der Waals surface area contributed by atoms with Crippen molar-refractivity contribution in [1.82, 2.24) is 0 Å². The number of methoxy groups -OCH3 is 1. The molecule has 3 unspecified atom stereocenters. The minimum absolute atomic E-state index is 1.14. The van der Waals surface area contributed by atoms with E-state index >= 15 is 0 Å². The molecule has 0 rings (SSSR count). The first-order valence-electron chi connectivity index (χ1n) is 3.00. The summed E-state index contributed by atoms with van der Waals surface area (Å²) in [6, 6.07) is 0. The minimum atomic E-state index is -1.86. The molecule has 0 spiro atoms. The van der Waals surface area contributed by atoms with Gasteiger partial charge in [0, 0.05) is 7.11 Å². The molecule has 0 radical (unpaired) electrons. The van der Waals surface area contributed by atoms with Gasteiger partial charge in [0.2, 0.25) is 0 Å². The summed E-state index contributed by atoms with van der Waals surface area (Å²) in [6.45, 7) is -0.0663. The van der Waals surface area contributed by atoms with Gasteiger partial charge in [-0.1, -0.05) is 0 Å². The van der Waals surface area contributed by atoms with Crippen LogP contribution in [0.15, 0.2) is 0 Å². The lowest BCUT2D eigenvalue weighted by molar-refractivity contribution is -0.0235. The van der Waals surface area contributed by atoms with E-state index in [0.29, 0.717) is 0 Å². The molecule has 0 aliphatic carbocycles. The van der Waals surface area contributed by atoms with Gasteiger partial charge in [0.1, 0.15) is 19.0 Å². The molecule has 0 amide bonds. The Labute approximate surface area is 58.2 Å². The summed E-state index contributed by atoms with van der Waals surface area (Å²) in [5.74, 6) is 0. The van der Waals surface area contributed by atoms with Gasteiger partial charge in [-0.15, -0.1) is 0 Å². The summed E-state index contributed by atoms with van der Waals surface area (Å²) < 4.78 is 40.5. The Bertz CT molecular complexity index is 87.1. The molecule has 10 heavy (non-hydrogen) atoms. The predicted molar refractivity (Wildman–Crippen MR) is 32.2 cm³/mol. The average molecular weight is 156 g/mol. The zero-order valence-electron chi connectivity index (χ0n) is 5.98. The van der Waals surface area contributed by atoms with Gasteiger partial charge in [-0.25, -0.2) is 13.2 Å². The molecule has 1 nitrogen and oxygen atoms in total. The standard InChI is InChI=1S/C6H11F3O/c1-4(8)6(10-2)5(9)3-7/h4-6H,3H2,1-2H3. The number of hydrogen-bond donors (Lipinski definition) is 0. The second-order valence-corrected chi connectivity index (χ2v) is 2.05. The van der Waals surface area contributed by atoms with Crippen molar-refractivity contribution in [2.45, 2.75) is 25.4 Å². The van der Waals surface area contributed by atoms with Crippen molar-refractivity contribution in [1.29, 1.82) is 0 Å². The third-order valence-electron chi connectivity index (χ3n) is 1.23. The van der Waals surface area contributed by atoms with Crippen LogP contribution in [0.3, 0.4) is 0 Å². The Morgan fingerprint density at radius 2 is 1.90 bits per heavy atom. The van der Waals surface area contributed by atoms with Crippen molar-refractivity contribution in [2.75, 3.05) is 13.8 Å². The summed E-state index contributed by atoms with van der Waals surface area (Å²) in [5.41, 5.74) is 0. The van der Waals surface area contributed by atoms with E-state index in [2.05, 4.69) is 4.74 Å². The van der Waals surface area contributed by atoms with Crippen LogP contribution in [0.1, 0.15) is 6.92 Å². The van der Waals surface area contributed by atoms with Crippen LogP contribution in [0.5, 0.6) is 0 Å². The molecule has 0 aromatic rings. The highest BCUT2D eigenvalue weighted by molar-refractivity contribution is 4.73. The lowest BCUT2D eigenvalue weighted by Crippen LogP contribution is -2.33. The fourth-order valence-corrected chi connectivity index (χ4v) is 0.711. The van der Waals surface area contributed by atoms with Crippen molar-refractivity contribution in [2.24, 2.45) is 0 Å². The molecule has 0 saturated carbocycles. The third-order valence-corrected chi connectivity index (χ3v) is 1.23. The predicted octanol–water partition coefficient (Wildman–Crippen LogP) is 1.67. The topological polar surface area (TPSA) is 9.23 Å². The SMILES string of the molecule is COC(C(C)F)C(F)CF. The number of alkyl halides is 3. The Kier molecular flexibility index (Phi) is 4.43. The fraction of sp³-hybridized carbons (Fsp3) is 1.00. The molecule has 0 aliphatic rings. The highest BCUT2D eigenvalue weighted by Crippen LogP contribution is 2.10. The number of rotatable bonds is 4. The van der Waals surface area contributed by atoms with E-state index in [1.807, 2.05) is 0 Å². The zero-order chi connectivity index (χ0) is 8.15. The van der Waals surface area contributed by atoms with Crippen LogP contribution >= 0.6 is 0 Å². The first-order chi connectivity index (χ1) is 4.63. The minimum Gasteiger partial charge on any atom is -0.375 e. The smallest absolute Gasteiger partial charge is 0.157 e. The molecule has 0 bridgehead atoms. The monoisotopic (exact) mass is 156 g/mol. The van der Waals surface area contributed by atoms with Gasteiger partial charge >= 0.3 is 0 Å². The highest BCUT2D eigenvalue weighted by atomic mass is 19.2. The van der Waals surface area contributed by atoms with E-state index in [1.54, 1.807) is 0 Å². The molecule has 0 aromatic heterocycles. The van der Waals surface area contributed by atoms with Crippen LogP contribution in [0.2, 0.25) is 0 Å². The first kappa shape index (κ1) is 9.75. The molecule has 3 atom stereocenters. The summed E-state index contributed by atoms with van der Waals surface area (Å²) in [4.78, 5) is 0. The maximum absolute atomic E-state index is 12.3. The molecule has 0 N–H and O–H groups in total. The molecular weight excluding hydrogens is 145 g/mol. The number of hydrogen-bond acceptors (Lipinski definition) is 1. The van der Waals surface area contributed by atoms with E-state index in [1.165, 1.54) is 0 Å². The van der Waals surface area contributed by atoms with Crippen LogP contribution in [0.25, 0.3) is 0 Å². The Hall–Kier alpha value is -0.250. The Morgan fingerprint density at radius 3 is 2.00 bits per heavy atom. The molecule has 0 aromatic carbocycles. The quantitative estimate of drug-likeness (QED) is 0.601. The van der Waals surface area contributed by atoms with Gasteiger partial charge in [-0.05, 0) is 6.92 Å². The van der Waals surface area contributed by atoms with E-state index in [0.717, 1.165) is 14.0 Å². The van der Waals surface area contributed by atoms with Crippen molar-refractivity contribution < 1.29 is 17.9 Å². The van der Waals surface area contributed by atoms with Crippen molar-refractivity contribution in [3.8, 4) is 0 Å². The zero-order valence-corrected chi connectivity index (χ0v) is 5.98. The van der Waals surface area contributed by atoms with Gasteiger partial charge in [0.05, 0.1) is 0 Å². The first-order valence-corrected chi connectivity index (χ1v) is 3.00. The lowest BCUT2D eigenvalue weighted by Gasteiger charge is -2.17. The summed E-state index contributed by atoms with van der Waals surface area (Å²) in [6.07, 6.45) is -4.61. The van der Waals surface area contributed by atoms with Crippen LogP contribution in [-0.2, 0) is 4.74 Å². The molecule has 0 saturated heterocycles. The maximum Gasteiger partial charge on any atom is 0.157 e. The Balaban J connectivity index is 3.80. The van der Waals surface area contributed by atoms with E-state index in [9.17, 15) is 13.2 Å². The third kappa shape index (κ3) is 2.56. The van der Waals surface area contributed by atoms with Crippen LogP contribution in [-0.4, -0.2) is 32.2 Å². The van der Waals surface area contributed by atoms with Crippen LogP contribution in [0, 0.1) is 0 Å². The van der Waals surface area contributed by atoms with Gasteiger partial charge in [-0.2, -0.15) is 0 Å². The fourth-order valence-electron chi connectivity index (χ4n) is 0.711. The van der Waals surface area contributed by atoms with Gasteiger partial charge in [-0.3, -0.25) is 0 Å². The summed E-state index contributed by atoms with van der Waals surface area (Å²) in [5, 5.41) is 0. The van der Waals surface area contributed by atoms with Crippen molar-refractivity contribution in [3.63, 3.8) is 0 Å². The normalized spacial score (nSPS) is 20.1. The van der Waals surface area contributed by atoms with Crippen LogP contribution < -0.4 is 0 Å². The largest absolute Gasteiger partial charge is 0.375 e.